The van der Waals surface area contributed by atoms with E-state index < -0.39 is 11.4 Å². The van der Waals surface area contributed by atoms with Crippen LogP contribution in [0.3, 0.4) is 0 Å². The fraction of sp³-hybridized carbons (Fsp3) is 0.923. The molecule has 3 fully saturated rings. The van der Waals surface area contributed by atoms with Crippen molar-refractivity contribution in [2.45, 2.75) is 110 Å². The number of rotatable bonds is 10. The van der Waals surface area contributed by atoms with Gasteiger partial charge in [0.2, 0.25) is 0 Å². The van der Waals surface area contributed by atoms with Crippen LogP contribution in [0.4, 0.5) is 0 Å². The average Bonchev–Trinajstić information content (AvgIpc) is 3.48. The summed E-state index contributed by atoms with van der Waals surface area (Å²) < 4.78 is 24.0. The molecule has 3 aliphatic rings. The number of esters is 2. The van der Waals surface area contributed by atoms with E-state index in [1.165, 1.54) is 0 Å². The summed E-state index contributed by atoms with van der Waals surface area (Å²) in [6.07, 6.45) is 6.81. The molecular formula is C26H46N2O6. The molecule has 196 valence electrons. The largest absolute Gasteiger partial charge is 0.466 e. The Morgan fingerprint density at radius 1 is 0.882 bits per heavy atom. The molecule has 1 saturated carbocycles. The molecule has 2 heterocycles. The van der Waals surface area contributed by atoms with Gasteiger partial charge in [-0.15, -0.1) is 0 Å². The van der Waals surface area contributed by atoms with Crippen molar-refractivity contribution >= 4 is 11.9 Å². The van der Waals surface area contributed by atoms with Gasteiger partial charge in [-0.1, -0.05) is 0 Å². The van der Waals surface area contributed by atoms with Crippen LogP contribution >= 0.6 is 0 Å². The van der Waals surface area contributed by atoms with Crippen molar-refractivity contribution < 1.29 is 28.5 Å². The number of hydrogen-bond donors (Lipinski definition) is 0. The van der Waals surface area contributed by atoms with Gasteiger partial charge >= 0.3 is 11.9 Å². The Morgan fingerprint density at radius 3 is 2.15 bits per heavy atom. The van der Waals surface area contributed by atoms with Crippen LogP contribution in [0.2, 0.25) is 0 Å². The zero-order valence-electron chi connectivity index (χ0n) is 22.0. The molecule has 1 aliphatic carbocycles. The van der Waals surface area contributed by atoms with Crippen molar-refractivity contribution in [3.63, 3.8) is 0 Å². The zero-order valence-corrected chi connectivity index (χ0v) is 22.0. The molecule has 2 aliphatic heterocycles. The molecule has 2 saturated heterocycles. The first kappa shape index (κ1) is 27.4. The summed E-state index contributed by atoms with van der Waals surface area (Å²) in [4.78, 5) is 30.7. The van der Waals surface area contributed by atoms with E-state index in [9.17, 15) is 9.59 Å². The highest BCUT2D eigenvalue weighted by Crippen LogP contribution is 2.39. The van der Waals surface area contributed by atoms with Crippen LogP contribution in [-0.4, -0.2) is 84.8 Å². The molecule has 0 bridgehead atoms. The molecule has 0 N–H and O–H groups in total. The predicted octanol–water partition coefficient (Wildman–Crippen LogP) is 3.72. The molecule has 0 radical (unpaired) electrons. The van der Waals surface area contributed by atoms with E-state index in [2.05, 4.69) is 9.80 Å². The third-order valence-corrected chi connectivity index (χ3v) is 7.11. The first-order valence-electron chi connectivity index (χ1n) is 13.4. The van der Waals surface area contributed by atoms with Gasteiger partial charge in [0.25, 0.3) is 5.85 Å². The second kappa shape index (κ2) is 12.2. The van der Waals surface area contributed by atoms with Gasteiger partial charge in [0, 0.05) is 32.3 Å². The van der Waals surface area contributed by atoms with Crippen molar-refractivity contribution in [2.75, 3.05) is 39.5 Å². The highest BCUT2D eigenvalue weighted by Gasteiger charge is 2.58. The SMILES string of the molecule is CCOC[C@@H]1CCCN1C(OC1CCC(C(=O)OCC)CC1)(C(=O)OC(C)(C)C)N1CCCC1. The van der Waals surface area contributed by atoms with Crippen LogP contribution in [0, 0.1) is 5.92 Å². The lowest BCUT2D eigenvalue weighted by molar-refractivity contribution is -0.282. The first-order valence-corrected chi connectivity index (χ1v) is 13.4. The van der Waals surface area contributed by atoms with E-state index in [-0.39, 0.29) is 30.0 Å². The summed E-state index contributed by atoms with van der Waals surface area (Å²) in [7, 11) is 0. The van der Waals surface area contributed by atoms with Crippen molar-refractivity contribution in [1.29, 1.82) is 0 Å². The number of hydrogen-bond acceptors (Lipinski definition) is 8. The molecule has 3 rings (SSSR count). The summed E-state index contributed by atoms with van der Waals surface area (Å²) in [5.41, 5.74) is -0.623. The van der Waals surface area contributed by atoms with Crippen molar-refractivity contribution in [2.24, 2.45) is 5.92 Å². The molecule has 0 amide bonds. The van der Waals surface area contributed by atoms with Gasteiger partial charge in [0.05, 0.1) is 25.2 Å². The maximum absolute atomic E-state index is 14.1. The quantitative estimate of drug-likeness (QED) is 0.436. The molecule has 0 aromatic carbocycles. The Morgan fingerprint density at radius 2 is 1.56 bits per heavy atom. The second-order valence-corrected chi connectivity index (χ2v) is 10.8. The van der Waals surface area contributed by atoms with Crippen LogP contribution in [0.1, 0.15) is 86.0 Å². The molecule has 1 unspecified atom stereocenters. The maximum Gasteiger partial charge on any atom is 0.371 e. The highest BCUT2D eigenvalue weighted by molar-refractivity contribution is 5.79. The predicted molar refractivity (Wildman–Crippen MR) is 129 cm³/mol. The fourth-order valence-electron chi connectivity index (χ4n) is 5.55. The second-order valence-electron chi connectivity index (χ2n) is 10.8. The number of nitrogens with zero attached hydrogens (tertiary/aromatic N) is 2. The monoisotopic (exact) mass is 482 g/mol. The lowest BCUT2D eigenvalue weighted by atomic mass is 9.87. The van der Waals surface area contributed by atoms with E-state index in [1.807, 2.05) is 34.6 Å². The minimum Gasteiger partial charge on any atom is -0.466 e. The molecule has 8 heteroatoms. The van der Waals surface area contributed by atoms with Crippen LogP contribution in [0.15, 0.2) is 0 Å². The Bertz CT molecular complexity index is 667. The van der Waals surface area contributed by atoms with E-state index in [0.717, 1.165) is 71.0 Å². The summed E-state index contributed by atoms with van der Waals surface area (Å²) in [5.74, 6) is -1.78. The lowest BCUT2D eigenvalue weighted by Crippen LogP contribution is -2.70. The van der Waals surface area contributed by atoms with Gasteiger partial charge in [-0.2, -0.15) is 0 Å². The van der Waals surface area contributed by atoms with Crippen molar-refractivity contribution in [3.05, 3.63) is 0 Å². The molecule has 0 aromatic heterocycles. The smallest absolute Gasteiger partial charge is 0.371 e. The van der Waals surface area contributed by atoms with Gasteiger partial charge in [-0.3, -0.25) is 9.69 Å². The molecule has 2 atom stereocenters. The number of carbonyl (C=O) groups excluding carboxylic acids is 2. The molecule has 34 heavy (non-hydrogen) atoms. The van der Waals surface area contributed by atoms with Gasteiger partial charge in [-0.25, -0.2) is 9.69 Å². The van der Waals surface area contributed by atoms with Crippen molar-refractivity contribution in [3.8, 4) is 0 Å². The first-order chi connectivity index (χ1) is 16.2. The summed E-state index contributed by atoms with van der Waals surface area (Å²) in [6.45, 7) is 13.6. The zero-order chi connectivity index (χ0) is 24.8. The van der Waals surface area contributed by atoms with Gasteiger partial charge < -0.3 is 18.9 Å². The Labute approximate surface area is 205 Å². The maximum atomic E-state index is 14.1. The van der Waals surface area contributed by atoms with Crippen molar-refractivity contribution in [1.82, 2.24) is 9.80 Å². The highest BCUT2D eigenvalue weighted by atomic mass is 16.6. The number of likely N-dealkylation sites (tertiary alicyclic amines) is 2. The minimum absolute atomic E-state index is 0.0833. The van der Waals surface area contributed by atoms with Gasteiger partial charge in [0.15, 0.2) is 0 Å². The lowest BCUT2D eigenvalue weighted by Gasteiger charge is -2.50. The third-order valence-electron chi connectivity index (χ3n) is 7.11. The van der Waals surface area contributed by atoms with Gasteiger partial charge in [0.1, 0.15) is 5.60 Å². The van der Waals surface area contributed by atoms with Crippen LogP contribution in [0.25, 0.3) is 0 Å². The average molecular weight is 483 g/mol. The van der Waals surface area contributed by atoms with E-state index >= 15 is 0 Å². The third kappa shape index (κ3) is 6.50. The van der Waals surface area contributed by atoms with E-state index in [0.29, 0.717) is 19.8 Å². The van der Waals surface area contributed by atoms with Crippen LogP contribution < -0.4 is 0 Å². The summed E-state index contributed by atoms with van der Waals surface area (Å²) >= 11 is 0. The normalized spacial score (nSPS) is 28.6. The van der Waals surface area contributed by atoms with E-state index in [1.54, 1.807) is 0 Å². The standard InChI is InChI=1S/C26H46N2O6/c1-6-31-19-21-11-10-18-28(21)26(27-16-8-9-17-27,24(30)34-25(3,4)5)33-22-14-12-20(13-15-22)23(29)32-7-2/h20-22H,6-19H2,1-5H3/t20?,21-,22?,26?/m0/s1. The van der Waals surface area contributed by atoms with Crippen LogP contribution in [0.5, 0.6) is 0 Å². The molecule has 0 aromatic rings. The van der Waals surface area contributed by atoms with Gasteiger partial charge in [-0.05, 0) is 86.0 Å². The minimum atomic E-state index is -1.26. The Hall–Kier alpha value is -1.22. The molecule has 8 nitrogen and oxygen atoms in total. The fourth-order valence-corrected chi connectivity index (χ4v) is 5.55. The summed E-state index contributed by atoms with van der Waals surface area (Å²) in [5, 5.41) is 0. The Balaban J connectivity index is 1.88. The molecule has 0 spiro atoms. The van der Waals surface area contributed by atoms with E-state index in [4.69, 9.17) is 18.9 Å². The topological polar surface area (TPSA) is 77.5 Å². The summed E-state index contributed by atoms with van der Waals surface area (Å²) in [6, 6.07) is 0.101. The Kier molecular flexibility index (Phi) is 9.78. The number of ether oxygens (including phenoxy) is 4. The molecular weight excluding hydrogens is 436 g/mol. The number of carbonyl (C=O) groups is 2. The van der Waals surface area contributed by atoms with Crippen LogP contribution in [-0.2, 0) is 28.5 Å².